The molecule has 5 nitrogen and oxygen atoms in total. The fraction of sp³-hybridized carbons (Fsp3) is 0.500. The van der Waals surface area contributed by atoms with Gasteiger partial charge < -0.3 is 20.9 Å². The van der Waals surface area contributed by atoms with Crippen LogP contribution in [0.25, 0.3) is 0 Å². The highest BCUT2D eigenvalue weighted by molar-refractivity contribution is 5.94. The molecule has 1 saturated carbocycles. The molecule has 0 radical (unpaired) electrons. The monoisotopic (exact) mass is 280 g/mol. The molecule has 0 spiro atoms. The van der Waals surface area contributed by atoms with E-state index < -0.39 is 11.8 Å². The normalized spacial score (nSPS) is 25.6. The SMILES string of the molecule is Nc1cc(F)c(NC2CCOC2C2CC2)cc1C(=O)O. The Kier molecular flexibility index (Phi) is 3.25. The van der Waals surface area contributed by atoms with Gasteiger partial charge in [-0.1, -0.05) is 0 Å². The van der Waals surface area contributed by atoms with Crippen LogP contribution in [-0.2, 0) is 4.74 Å². The highest BCUT2D eigenvalue weighted by Gasteiger charge is 2.40. The van der Waals surface area contributed by atoms with Crippen LogP contribution in [0, 0.1) is 11.7 Å². The molecular formula is C14H17FN2O3. The Hall–Kier alpha value is -1.82. The molecule has 2 aliphatic rings. The molecular weight excluding hydrogens is 263 g/mol. The minimum absolute atomic E-state index is 0.0299. The first-order valence-electron chi connectivity index (χ1n) is 6.76. The summed E-state index contributed by atoms with van der Waals surface area (Å²) in [5.74, 6) is -1.15. The summed E-state index contributed by atoms with van der Waals surface area (Å²) in [6, 6.07) is 2.34. The third kappa shape index (κ3) is 2.43. The molecule has 1 aromatic rings. The van der Waals surface area contributed by atoms with Crippen molar-refractivity contribution in [2.75, 3.05) is 17.7 Å². The molecule has 4 N–H and O–H groups in total. The number of carboxylic acids is 1. The van der Waals surface area contributed by atoms with E-state index in [4.69, 9.17) is 15.6 Å². The fourth-order valence-corrected chi connectivity index (χ4v) is 2.74. The van der Waals surface area contributed by atoms with Crippen molar-refractivity contribution < 1.29 is 19.0 Å². The molecule has 2 fully saturated rings. The summed E-state index contributed by atoms with van der Waals surface area (Å²) in [6.45, 7) is 0.654. The van der Waals surface area contributed by atoms with E-state index in [2.05, 4.69) is 5.32 Å². The molecule has 6 heteroatoms. The van der Waals surface area contributed by atoms with E-state index in [1.807, 2.05) is 0 Å². The zero-order chi connectivity index (χ0) is 14.3. The Morgan fingerprint density at radius 2 is 2.15 bits per heavy atom. The standard InChI is InChI=1S/C14H17FN2O3/c15-9-6-10(16)8(14(18)19)5-12(9)17-11-3-4-20-13(11)7-1-2-7/h5-7,11,13,17H,1-4,16H2,(H,18,19). The lowest BCUT2D eigenvalue weighted by atomic mass is 10.0. The second-order valence-corrected chi connectivity index (χ2v) is 5.44. The van der Waals surface area contributed by atoms with Gasteiger partial charge in [-0.05, 0) is 37.3 Å². The van der Waals surface area contributed by atoms with E-state index in [0.717, 1.165) is 25.3 Å². The van der Waals surface area contributed by atoms with Crippen molar-refractivity contribution in [2.45, 2.75) is 31.4 Å². The quantitative estimate of drug-likeness (QED) is 0.735. The van der Waals surface area contributed by atoms with E-state index in [9.17, 15) is 9.18 Å². The number of nitrogen functional groups attached to an aromatic ring is 1. The average Bonchev–Trinajstić information content (AvgIpc) is 3.12. The Bertz CT molecular complexity index is 545. The molecule has 1 heterocycles. The lowest BCUT2D eigenvalue weighted by Crippen LogP contribution is -2.31. The van der Waals surface area contributed by atoms with Crippen LogP contribution in [0.5, 0.6) is 0 Å². The Morgan fingerprint density at radius 3 is 2.80 bits per heavy atom. The van der Waals surface area contributed by atoms with Crippen LogP contribution in [0.1, 0.15) is 29.6 Å². The van der Waals surface area contributed by atoms with Gasteiger partial charge in [-0.25, -0.2) is 9.18 Å². The second-order valence-electron chi connectivity index (χ2n) is 5.44. The van der Waals surface area contributed by atoms with Crippen molar-refractivity contribution in [3.8, 4) is 0 Å². The molecule has 108 valence electrons. The Morgan fingerprint density at radius 1 is 1.40 bits per heavy atom. The number of benzene rings is 1. The van der Waals surface area contributed by atoms with Crippen LogP contribution in [0.15, 0.2) is 12.1 Å². The highest BCUT2D eigenvalue weighted by Crippen LogP contribution is 2.40. The predicted octanol–water partition coefficient (Wildman–Crippen LogP) is 2.09. The largest absolute Gasteiger partial charge is 0.478 e. The van der Waals surface area contributed by atoms with E-state index in [1.54, 1.807) is 0 Å². The molecule has 1 aromatic carbocycles. The van der Waals surface area contributed by atoms with Gasteiger partial charge in [0.25, 0.3) is 0 Å². The summed E-state index contributed by atoms with van der Waals surface area (Å²) >= 11 is 0. The zero-order valence-electron chi connectivity index (χ0n) is 10.9. The molecule has 0 aromatic heterocycles. The van der Waals surface area contributed by atoms with Gasteiger partial charge in [-0.2, -0.15) is 0 Å². The first-order valence-corrected chi connectivity index (χ1v) is 6.76. The van der Waals surface area contributed by atoms with Crippen molar-refractivity contribution in [3.63, 3.8) is 0 Å². The number of nitrogens with two attached hydrogens (primary N) is 1. The summed E-state index contributed by atoms with van der Waals surface area (Å²) in [5, 5.41) is 12.1. The number of nitrogens with one attached hydrogen (secondary N) is 1. The zero-order valence-corrected chi connectivity index (χ0v) is 10.9. The fourth-order valence-electron chi connectivity index (χ4n) is 2.74. The van der Waals surface area contributed by atoms with Gasteiger partial charge in [0.1, 0.15) is 5.82 Å². The number of hydrogen-bond acceptors (Lipinski definition) is 4. The number of rotatable bonds is 4. The van der Waals surface area contributed by atoms with Gasteiger partial charge in [0.15, 0.2) is 0 Å². The molecule has 3 rings (SSSR count). The molecule has 1 aliphatic heterocycles. The van der Waals surface area contributed by atoms with Gasteiger partial charge in [-0.3, -0.25) is 0 Å². The topological polar surface area (TPSA) is 84.6 Å². The van der Waals surface area contributed by atoms with Crippen LogP contribution in [0.4, 0.5) is 15.8 Å². The number of aromatic carboxylic acids is 1. The lowest BCUT2D eigenvalue weighted by molar-refractivity contribution is 0.0698. The average molecular weight is 280 g/mol. The van der Waals surface area contributed by atoms with Gasteiger partial charge in [0, 0.05) is 12.3 Å². The highest BCUT2D eigenvalue weighted by atomic mass is 19.1. The van der Waals surface area contributed by atoms with Crippen molar-refractivity contribution in [1.29, 1.82) is 0 Å². The first kappa shape index (κ1) is 13.2. The number of halogens is 1. The summed E-state index contributed by atoms with van der Waals surface area (Å²) in [7, 11) is 0. The molecule has 2 unspecified atom stereocenters. The molecule has 20 heavy (non-hydrogen) atoms. The maximum atomic E-state index is 13.9. The molecule has 1 saturated heterocycles. The van der Waals surface area contributed by atoms with Gasteiger partial charge in [0.2, 0.25) is 0 Å². The third-order valence-corrected chi connectivity index (χ3v) is 3.93. The smallest absolute Gasteiger partial charge is 0.337 e. The first-order chi connectivity index (χ1) is 9.56. The number of ether oxygens (including phenoxy) is 1. The Balaban J connectivity index is 1.82. The Labute approximate surface area is 115 Å². The minimum atomic E-state index is -1.16. The van der Waals surface area contributed by atoms with E-state index in [-0.39, 0.29) is 29.1 Å². The van der Waals surface area contributed by atoms with Gasteiger partial charge in [0.05, 0.1) is 23.4 Å². The summed E-state index contributed by atoms with van der Waals surface area (Å²) in [6.07, 6.45) is 3.19. The predicted molar refractivity (Wildman–Crippen MR) is 72.3 cm³/mol. The van der Waals surface area contributed by atoms with Gasteiger partial charge in [-0.15, -0.1) is 0 Å². The summed E-state index contributed by atoms with van der Waals surface area (Å²) in [5.41, 5.74) is 5.54. The second kappa shape index (κ2) is 4.94. The number of carboxylic acid groups (broad SMARTS) is 1. The van der Waals surface area contributed by atoms with E-state index in [0.29, 0.717) is 12.5 Å². The maximum absolute atomic E-state index is 13.9. The summed E-state index contributed by atoms with van der Waals surface area (Å²) < 4.78 is 19.6. The van der Waals surface area contributed by atoms with Crippen LogP contribution in [-0.4, -0.2) is 29.8 Å². The number of hydrogen-bond donors (Lipinski definition) is 3. The number of carbonyl (C=O) groups is 1. The molecule has 0 bridgehead atoms. The summed E-state index contributed by atoms with van der Waals surface area (Å²) in [4.78, 5) is 11.1. The number of anilines is 2. The molecule has 2 atom stereocenters. The molecule has 1 aliphatic carbocycles. The van der Waals surface area contributed by atoms with Crippen LogP contribution < -0.4 is 11.1 Å². The van der Waals surface area contributed by atoms with Crippen molar-refractivity contribution >= 4 is 17.3 Å². The van der Waals surface area contributed by atoms with E-state index >= 15 is 0 Å². The minimum Gasteiger partial charge on any atom is -0.478 e. The maximum Gasteiger partial charge on any atom is 0.337 e. The van der Waals surface area contributed by atoms with Crippen molar-refractivity contribution in [1.82, 2.24) is 0 Å². The van der Waals surface area contributed by atoms with Crippen LogP contribution >= 0.6 is 0 Å². The van der Waals surface area contributed by atoms with Crippen molar-refractivity contribution in [2.24, 2.45) is 5.92 Å². The van der Waals surface area contributed by atoms with Gasteiger partial charge >= 0.3 is 5.97 Å². The van der Waals surface area contributed by atoms with Crippen molar-refractivity contribution in [3.05, 3.63) is 23.5 Å². The van der Waals surface area contributed by atoms with E-state index in [1.165, 1.54) is 6.07 Å². The van der Waals surface area contributed by atoms with Crippen LogP contribution in [0.2, 0.25) is 0 Å². The van der Waals surface area contributed by atoms with Crippen LogP contribution in [0.3, 0.4) is 0 Å². The molecule has 0 amide bonds. The lowest BCUT2D eigenvalue weighted by Gasteiger charge is -2.21. The third-order valence-electron chi connectivity index (χ3n) is 3.93.